The van der Waals surface area contributed by atoms with Gasteiger partial charge in [0, 0.05) is 18.0 Å². The second kappa shape index (κ2) is 8.65. The van der Waals surface area contributed by atoms with Crippen LogP contribution in [0.3, 0.4) is 0 Å². The van der Waals surface area contributed by atoms with Crippen molar-refractivity contribution in [3.05, 3.63) is 54.1 Å². The van der Waals surface area contributed by atoms with E-state index in [1.54, 1.807) is 23.9 Å². The first-order valence-electron chi connectivity index (χ1n) is 8.91. The fourth-order valence-corrected chi connectivity index (χ4v) is 5.05. The van der Waals surface area contributed by atoms with Gasteiger partial charge in [-0.2, -0.15) is 4.31 Å². The van der Waals surface area contributed by atoms with E-state index in [1.807, 2.05) is 32.2 Å². The lowest BCUT2D eigenvalue weighted by atomic mass is 10.2. The first-order valence-corrected chi connectivity index (χ1v) is 11.6. The molecule has 0 radical (unpaired) electrons. The highest BCUT2D eigenvalue weighted by Gasteiger charge is 2.32. The zero-order chi connectivity index (χ0) is 20.3. The van der Waals surface area contributed by atoms with Crippen molar-refractivity contribution in [2.24, 2.45) is 0 Å². The fourth-order valence-electron chi connectivity index (χ4n) is 3.05. The van der Waals surface area contributed by atoms with E-state index in [0.717, 1.165) is 4.90 Å². The SMILES string of the molecule is CSc1ccc(OC(=O)c2ccc(S(=O)(=O)N3C[C@@H](C)O[C@@H](C)C3)cc2)cc1. The Bertz CT molecular complexity index is 916. The highest BCUT2D eigenvalue weighted by atomic mass is 32.2. The fraction of sp³-hybridized carbons (Fsp3) is 0.350. The lowest BCUT2D eigenvalue weighted by molar-refractivity contribution is -0.0440. The third-order valence-electron chi connectivity index (χ3n) is 4.38. The molecule has 1 aliphatic rings. The van der Waals surface area contributed by atoms with Crippen molar-refractivity contribution in [1.29, 1.82) is 0 Å². The molecule has 0 saturated carbocycles. The molecule has 150 valence electrons. The predicted octanol–water partition coefficient (Wildman–Crippen LogP) is 3.43. The van der Waals surface area contributed by atoms with Gasteiger partial charge in [-0.05, 0) is 68.6 Å². The number of sulfonamides is 1. The summed E-state index contributed by atoms with van der Waals surface area (Å²) in [6, 6.07) is 13.0. The van der Waals surface area contributed by atoms with E-state index in [0.29, 0.717) is 18.8 Å². The summed E-state index contributed by atoms with van der Waals surface area (Å²) in [6.45, 7) is 4.32. The average Bonchev–Trinajstić information content (AvgIpc) is 2.68. The second-order valence-electron chi connectivity index (χ2n) is 6.67. The zero-order valence-corrected chi connectivity index (χ0v) is 17.6. The van der Waals surface area contributed by atoms with Crippen LogP contribution in [0, 0.1) is 0 Å². The Kier molecular flexibility index (Phi) is 6.44. The first-order chi connectivity index (χ1) is 13.3. The molecule has 3 rings (SSSR count). The quantitative estimate of drug-likeness (QED) is 0.418. The molecular weight excluding hydrogens is 398 g/mol. The molecule has 0 aliphatic carbocycles. The van der Waals surface area contributed by atoms with E-state index in [2.05, 4.69) is 0 Å². The van der Waals surface area contributed by atoms with Crippen LogP contribution in [0.25, 0.3) is 0 Å². The Morgan fingerprint density at radius 3 is 2.14 bits per heavy atom. The zero-order valence-electron chi connectivity index (χ0n) is 16.0. The van der Waals surface area contributed by atoms with Crippen LogP contribution >= 0.6 is 11.8 Å². The third kappa shape index (κ3) is 4.75. The van der Waals surface area contributed by atoms with Crippen LogP contribution in [0.4, 0.5) is 0 Å². The Morgan fingerprint density at radius 1 is 1.04 bits per heavy atom. The summed E-state index contributed by atoms with van der Waals surface area (Å²) >= 11 is 1.60. The number of benzene rings is 2. The van der Waals surface area contributed by atoms with Gasteiger partial charge in [0.15, 0.2) is 0 Å². The third-order valence-corrected chi connectivity index (χ3v) is 6.97. The number of nitrogens with zero attached hydrogens (tertiary/aromatic N) is 1. The van der Waals surface area contributed by atoms with E-state index >= 15 is 0 Å². The van der Waals surface area contributed by atoms with Crippen LogP contribution in [0.2, 0.25) is 0 Å². The smallest absolute Gasteiger partial charge is 0.343 e. The summed E-state index contributed by atoms with van der Waals surface area (Å²) in [5.41, 5.74) is 0.289. The van der Waals surface area contributed by atoms with E-state index < -0.39 is 16.0 Å². The lowest BCUT2D eigenvalue weighted by Crippen LogP contribution is -2.48. The van der Waals surface area contributed by atoms with Crippen molar-refractivity contribution in [1.82, 2.24) is 4.31 Å². The number of esters is 1. The van der Waals surface area contributed by atoms with E-state index in [-0.39, 0.29) is 22.7 Å². The number of rotatable bonds is 5. The van der Waals surface area contributed by atoms with Crippen molar-refractivity contribution in [3.8, 4) is 5.75 Å². The molecule has 8 heteroatoms. The van der Waals surface area contributed by atoms with Crippen molar-refractivity contribution < 1.29 is 22.7 Å². The van der Waals surface area contributed by atoms with Gasteiger partial charge in [-0.15, -0.1) is 11.8 Å². The summed E-state index contributed by atoms with van der Waals surface area (Å²) in [7, 11) is -3.64. The van der Waals surface area contributed by atoms with Gasteiger partial charge in [-0.25, -0.2) is 13.2 Å². The summed E-state index contributed by atoms with van der Waals surface area (Å²) in [5, 5.41) is 0. The van der Waals surface area contributed by atoms with Crippen molar-refractivity contribution in [2.75, 3.05) is 19.3 Å². The lowest BCUT2D eigenvalue weighted by Gasteiger charge is -2.34. The molecule has 0 N–H and O–H groups in total. The normalized spacial score (nSPS) is 20.7. The highest BCUT2D eigenvalue weighted by molar-refractivity contribution is 7.98. The van der Waals surface area contributed by atoms with Crippen LogP contribution in [-0.4, -0.2) is 50.2 Å². The highest BCUT2D eigenvalue weighted by Crippen LogP contribution is 2.23. The van der Waals surface area contributed by atoms with Crippen LogP contribution in [0.1, 0.15) is 24.2 Å². The minimum Gasteiger partial charge on any atom is -0.423 e. The van der Waals surface area contributed by atoms with E-state index in [1.165, 1.54) is 28.6 Å². The molecule has 0 aromatic heterocycles. The van der Waals surface area contributed by atoms with Crippen molar-refractivity contribution in [2.45, 2.75) is 35.8 Å². The molecule has 0 amide bonds. The molecule has 1 fully saturated rings. The Hall–Kier alpha value is -1.87. The molecule has 1 saturated heterocycles. The van der Waals surface area contributed by atoms with Gasteiger partial charge in [0.25, 0.3) is 0 Å². The second-order valence-corrected chi connectivity index (χ2v) is 9.49. The molecular formula is C20H23NO5S2. The Labute approximate surface area is 169 Å². The monoisotopic (exact) mass is 421 g/mol. The maximum absolute atomic E-state index is 12.9. The molecule has 6 nitrogen and oxygen atoms in total. The number of morpholine rings is 1. The molecule has 2 aromatic carbocycles. The summed E-state index contributed by atoms with van der Waals surface area (Å²) < 4.78 is 38.1. The van der Waals surface area contributed by atoms with Gasteiger partial charge in [-0.1, -0.05) is 0 Å². The minimum absolute atomic E-state index is 0.148. The number of carbonyl (C=O) groups excluding carboxylic acids is 1. The first kappa shape index (κ1) is 20.9. The summed E-state index contributed by atoms with van der Waals surface area (Å²) in [5.74, 6) is -0.0924. The Morgan fingerprint density at radius 2 is 1.61 bits per heavy atom. The topological polar surface area (TPSA) is 72.9 Å². The Balaban J connectivity index is 1.72. The predicted molar refractivity (Wildman–Crippen MR) is 108 cm³/mol. The van der Waals surface area contributed by atoms with E-state index in [9.17, 15) is 13.2 Å². The van der Waals surface area contributed by atoms with Crippen LogP contribution in [0.15, 0.2) is 58.3 Å². The number of carbonyl (C=O) groups is 1. The van der Waals surface area contributed by atoms with Gasteiger partial charge in [0.05, 0.1) is 22.7 Å². The standard InChI is InChI=1S/C20H23NO5S2/c1-14-12-21(13-15(2)25-14)28(23,24)19-10-4-16(5-11-19)20(22)26-17-6-8-18(27-3)9-7-17/h4-11,14-15H,12-13H2,1-3H3/t14-,15+. The summed E-state index contributed by atoms with van der Waals surface area (Å²) in [6.07, 6.45) is 1.64. The molecule has 1 aliphatic heterocycles. The molecule has 0 unspecified atom stereocenters. The molecule has 1 heterocycles. The van der Waals surface area contributed by atoms with E-state index in [4.69, 9.17) is 9.47 Å². The van der Waals surface area contributed by atoms with Gasteiger partial charge in [0.2, 0.25) is 10.0 Å². The number of thioether (sulfide) groups is 1. The molecule has 2 aromatic rings. The molecule has 28 heavy (non-hydrogen) atoms. The largest absolute Gasteiger partial charge is 0.423 e. The average molecular weight is 422 g/mol. The van der Waals surface area contributed by atoms with Crippen LogP contribution < -0.4 is 4.74 Å². The number of hydrogen-bond acceptors (Lipinski definition) is 6. The van der Waals surface area contributed by atoms with Gasteiger partial charge in [-0.3, -0.25) is 0 Å². The number of ether oxygens (including phenoxy) is 2. The van der Waals surface area contributed by atoms with Gasteiger partial charge in [0.1, 0.15) is 5.75 Å². The maximum atomic E-state index is 12.9. The van der Waals surface area contributed by atoms with Crippen molar-refractivity contribution >= 4 is 27.8 Å². The van der Waals surface area contributed by atoms with Crippen molar-refractivity contribution in [3.63, 3.8) is 0 Å². The summed E-state index contributed by atoms with van der Waals surface area (Å²) in [4.78, 5) is 13.5. The van der Waals surface area contributed by atoms with Crippen LogP contribution in [-0.2, 0) is 14.8 Å². The molecule has 0 bridgehead atoms. The maximum Gasteiger partial charge on any atom is 0.343 e. The molecule has 0 spiro atoms. The molecule has 2 atom stereocenters. The van der Waals surface area contributed by atoms with Crippen LogP contribution in [0.5, 0.6) is 5.75 Å². The minimum atomic E-state index is -3.64. The van der Waals surface area contributed by atoms with Gasteiger partial charge >= 0.3 is 5.97 Å². The van der Waals surface area contributed by atoms with Gasteiger partial charge < -0.3 is 9.47 Å². The number of hydrogen-bond donors (Lipinski definition) is 0.